The molecule has 1 N–H and O–H groups in total. The van der Waals surface area contributed by atoms with Crippen LogP contribution in [0.2, 0.25) is 5.02 Å². The first kappa shape index (κ1) is 13.8. The second-order valence-corrected chi connectivity index (χ2v) is 5.28. The number of amides is 2. The number of hydrogen-bond donors (Lipinski definition) is 1. The van der Waals surface area contributed by atoms with E-state index in [1.54, 1.807) is 13.8 Å². The summed E-state index contributed by atoms with van der Waals surface area (Å²) in [5.41, 5.74) is -1.13. The van der Waals surface area contributed by atoms with Crippen molar-refractivity contribution in [1.82, 2.24) is 10.2 Å². The average Bonchev–Trinajstić information content (AvgIpc) is 2.35. The Bertz CT molecular complexity index is 545. The first-order chi connectivity index (χ1) is 8.85. The highest BCUT2D eigenvalue weighted by molar-refractivity contribution is 6.31. The standard InChI is InChI=1S/C13H14ClFN2O2/c1-13(2)12(19)16-6-7-17(13)11(18)8-4-3-5-9(14)10(8)15/h3-5H,6-7H2,1-2H3,(H,16,19). The van der Waals surface area contributed by atoms with E-state index in [9.17, 15) is 14.0 Å². The summed E-state index contributed by atoms with van der Waals surface area (Å²) in [5, 5.41) is 2.58. The summed E-state index contributed by atoms with van der Waals surface area (Å²) in [4.78, 5) is 25.5. The first-order valence-corrected chi connectivity index (χ1v) is 6.28. The van der Waals surface area contributed by atoms with Crippen molar-refractivity contribution >= 4 is 23.4 Å². The molecule has 1 heterocycles. The third-order valence-electron chi connectivity index (χ3n) is 3.28. The van der Waals surface area contributed by atoms with Crippen LogP contribution in [0.5, 0.6) is 0 Å². The van der Waals surface area contributed by atoms with E-state index in [2.05, 4.69) is 5.32 Å². The Labute approximate surface area is 115 Å². The van der Waals surface area contributed by atoms with Crippen LogP contribution < -0.4 is 5.32 Å². The maximum absolute atomic E-state index is 13.9. The minimum atomic E-state index is -1.01. The van der Waals surface area contributed by atoms with Crippen molar-refractivity contribution in [2.24, 2.45) is 0 Å². The molecule has 1 aromatic rings. The monoisotopic (exact) mass is 284 g/mol. The van der Waals surface area contributed by atoms with Crippen molar-refractivity contribution in [2.75, 3.05) is 13.1 Å². The van der Waals surface area contributed by atoms with Gasteiger partial charge < -0.3 is 10.2 Å². The van der Waals surface area contributed by atoms with Gasteiger partial charge >= 0.3 is 0 Å². The van der Waals surface area contributed by atoms with Gasteiger partial charge in [-0.3, -0.25) is 9.59 Å². The van der Waals surface area contributed by atoms with Gasteiger partial charge in [0.2, 0.25) is 5.91 Å². The molecule has 102 valence electrons. The molecular weight excluding hydrogens is 271 g/mol. The highest BCUT2D eigenvalue weighted by Crippen LogP contribution is 2.24. The van der Waals surface area contributed by atoms with Crippen molar-refractivity contribution in [3.63, 3.8) is 0 Å². The Balaban J connectivity index is 2.38. The Morgan fingerprint density at radius 2 is 2.16 bits per heavy atom. The van der Waals surface area contributed by atoms with E-state index in [1.807, 2.05) is 0 Å². The summed E-state index contributed by atoms with van der Waals surface area (Å²) >= 11 is 5.67. The van der Waals surface area contributed by atoms with Gasteiger partial charge in [0.25, 0.3) is 5.91 Å². The summed E-state index contributed by atoms with van der Waals surface area (Å²) < 4.78 is 13.9. The van der Waals surface area contributed by atoms with E-state index in [-0.39, 0.29) is 16.5 Å². The molecule has 4 nitrogen and oxygen atoms in total. The number of benzene rings is 1. The van der Waals surface area contributed by atoms with Crippen LogP contribution in [-0.2, 0) is 4.79 Å². The summed E-state index contributed by atoms with van der Waals surface area (Å²) in [5.74, 6) is -1.54. The summed E-state index contributed by atoms with van der Waals surface area (Å²) in [7, 11) is 0. The minimum Gasteiger partial charge on any atom is -0.352 e. The minimum absolute atomic E-state index is 0.106. The van der Waals surface area contributed by atoms with Gasteiger partial charge in [-0.2, -0.15) is 0 Å². The molecule has 1 saturated heterocycles. The van der Waals surface area contributed by atoms with E-state index in [1.165, 1.54) is 23.1 Å². The third kappa shape index (κ3) is 2.30. The van der Waals surface area contributed by atoms with Crippen molar-refractivity contribution in [3.05, 3.63) is 34.6 Å². The van der Waals surface area contributed by atoms with E-state index >= 15 is 0 Å². The van der Waals surface area contributed by atoms with Gasteiger partial charge in [-0.25, -0.2) is 4.39 Å². The third-order valence-corrected chi connectivity index (χ3v) is 3.57. The summed E-state index contributed by atoms with van der Waals surface area (Å²) in [6.45, 7) is 3.95. The maximum Gasteiger partial charge on any atom is 0.257 e. The number of carbonyl (C=O) groups is 2. The van der Waals surface area contributed by atoms with Crippen molar-refractivity contribution < 1.29 is 14.0 Å². The van der Waals surface area contributed by atoms with Crippen LogP contribution in [0.3, 0.4) is 0 Å². The van der Waals surface area contributed by atoms with E-state index in [4.69, 9.17) is 11.6 Å². The zero-order valence-corrected chi connectivity index (χ0v) is 11.4. The van der Waals surface area contributed by atoms with Gasteiger partial charge in [-0.05, 0) is 26.0 Å². The number of halogens is 2. The number of carbonyl (C=O) groups excluding carboxylic acids is 2. The SMILES string of the molecule is CC1(C)C(=O)NCCN1C(=O)c1cccc(Cl)c1F. The molecule has 0 bridgehead atoms. The van der Waals surface area contributed by atoms with E-state index in [0.29, 0.717) is 13.1 Å². The Morgan fingerprint density at radius 3 is 2.84 bits per heavy atom. The highest BCUT2D eigenvalue weighted by Gasteiger charge is 2.41. The molecule has 1 aliphatic rings. The molecule has 1 aliphatic heterocycles. The number of piperazine rings is 1. The number of nitrogens with zero attached hydrogens (tertiary/aromatic N) is 1. The number of rotatable bonds is 1. The average molecular weight is 285 g/mol. The molecule has 2 amide bonds. The topological polar surface area (TPSA) is 49.4 Å². The molecule has 2 rings (SSSR count). The summed E-state index contributed by atoms with van der Waals surface area (Å²) in [6.07, 6.45) is 0. The van der Waals surface area contributed by atoms with Crippen LogP contribution >= 0.6 is 11.6 Å². The van der Waals surface area contributed by atoms with E-state index < -0.39 is 17.3 Å². The van der Waals surface area contributed by atoms with Crippen molar-refractivity contribution in [1.29, 1.82) is 0 Å². The molecule has 0 aliphatic carbocycles. The zero-order valence-electron chi connectivity index (χ0n) is 10.7. The van der Waals surface area contributed by atoms with Gasteiger partial charge in [0.05, 0.1) is 10.6 Å². The van der Waals surface area contributed by atoms with Crippen LogP contribution in [-0.4, -0.2) is 35.3 Å². The number of hydrogen-bond acceptors (Lipinski definition) is 2. The predicted octanol–water partition coefficient (Wildman–Crippen LogP) is 1.83. The molecular formula is C13H14ClFN2O2. The van der Waals surface area contributed by atoms with Crippen LogP contribution in [0.15, 0.2) is 18.2 Å². The smallest absolute Gasteiger partial charge is 0.257 e. The lowest BCUT2D eigenvalue weighted by Gasteiger charge is -2.41. The molecule has 6 heteroatoms. The largest absolute Gasteiger partial charge is 0.352 e. The molecule has 1 fully saturated rings. The Hall–Kier alpha value is -1.62. The second kappa shape index (κ2) is 4.81. The van der Waals surface area contributed by atoms with Gasteiger partial charge in [-0.1, -0.05) is 17.7 Å². The lowest BCUT2D eigenvalue weighted by molar-refractivity contribution is -0.133. The second-order valence-electron chi connectivity index (χ2n) is 4.87. The fourth-order valence-corrected chi connectivity index (χ4v) is 2.24. The fourth-order valence-electron chi connectivity index (χ4n) is 2.07. The van der Waals surface area contributed by atoms with Crippen LogP contribution in [0.1, 0.15) is 24.2 Å². The number of nitrogens with one attached hydrogen (secondary N) is 1. The van der Waals surface area contributed by atoms with Crippen LogP contribution in [0.4, 0.5) is 4.39 Å². The normalized spacial score (nSPS) is 18.1. The zero-order chi connectivity index (χ0) is 14.2. The molecule has 0 saturated carbocycles. The lowest BCUT2D eigenvalue weighted by Crippen LogP contribution is -2.63. The first-order valence-electron chi connectivity index (χ1n) is 5.90. The van der Waals surface area contributed by atoms with Gasteiger partial charge in [0.1, 0.15) is 5.54 Å². The quantitative estimate of drug-likeness (QED) is 0.855. The maximum atomic E-state index is 13.9. The molecule has 19 heavy (non-hydrogen) atoms. The predicted molar refractivity (Wildman–Crippen MR) is 69.5 cm³/mol. The van der Waals surface area contributed by atoms with Crippen LogP contribution in [0, 0.1) is 5.82 Å². The van der Waals surface area contributed by atoms with Crippen molar-refractivity contribution in [3.8, 4) is 0 Å². The molecule has 0 unspecified atom stereocenters. The van der Waals surface area contributed by atoms with Gasteiger partial charge in [0, 0.05) is 13.1 Å². The Morgan fingerprint density at radius 1 is 1.47 bits per heavy atom. The fraction of sp³-hybridized carbons (Fsp3) is 0.385. The van der Waals surface area contributed by atoms with Crippen LogP contribution in [0.25, 0.3) is 0 Å². The lowest BCUT2D eigenvalue weighted by atomic mass is 9.97. The molecule has 0 radical (unpaired) electrons. The molecule has 1 aromatic carbocycles. The van der Waals surface area contributed by atoms with E-state index in [0.717, 1.165) is 0 Å². The molecule has 0 spiro atoms. The Kier molecular flexibility index (Phi) is 3.49. The van der Waals surface area contributed by atoms with Gasteiger partial charge in [0.15, 0.2) is 5.82 Å². The molecule has 0 aromatic heterocycles. The molecule has 0 atom stereocenters. The van der Waals surface area contributed by atoms with Gasteiger partial charge in [-0.15, -0.1) is 0 Å². The highest BCUT2D eigenvalue weighted by atomic mass is 35.5. The van der Waals surface area contributed by atoms with Crippen molar-refractivity contribution in [2.45, 2.75) is 19.4 Å². The summed E-state index contributed by atoms with van der Waals surface area (Å²) in [6, 6.07) is 4.25.